The van der Waals surface area contributed by atoms with Crippen LogP contribution < -0.4 is 10.8 Å². The Morgan fingerprint density at radius 2 is 1.92 bits per heavy atom. The van der Waals surface area contributed by atoms with Crippen LogP contribution in [0.25, 0.3) is 0 Å². The molecule has 5 heteroatoms. The molecule has 0 spiro atoms. The molecule has 0 radical (unpaired) electrons. The van der Waals surface area contributed by atoms with Gasteiger partial charge in [-0.2, -0.15) is 5.06 Å². The van der Waals surface area contributed by atoms with Gasteiger partial charge in [-0.3, -0.25) is 5.21 Å². The van der Waals surface area contributed by atoms with Crippen molar-refractivity contribution in [3.05, 3.63) is 28.7 Å². The molecular weight excluding hydrogens is 224 g/mol. The molecule has 0 fully saturated rings. The van der Waals surface area contributed by atoms with Gasteiger partial charge in [-0.05, 0) is 24.3 Å². The van der Waals surface area contributed by atoms with Crippen molar-refractivity contribution in [2.75, 3.05) is 5.06 Å². The van der Waals surface area contributed by atoms with Crippen molar-refractivity contribution in [1.29, 1.82) is 0 Å². The smallest absolute Gasteiger partial charge is 0.343 e. The van der Waals surface area contributed by atoms with Crippen molar-refractivity contribution in [2.45, 2.75) is 0 Å². The summed E-state index contributed by atoms with van der Waals surface area (Å²) in [6, 6.07) is 5.62. The van der Waals surface area contributed by atoms with E-state index in [4.69, 9.17) is 10.9 Å². The molecule has 3 N–H and O–H groups in total. The van der Waals surface area contributed by atoms with Crippen molar-refractivity contribution in [3.8, 4) is 0 Å². The number of hydrogen-bond acceptors (Lipinski definition) is 2. The lowest BCUT2D eigenvalue weighted by molar-refractivity contribution is 0.212. The molecule has 0 heterocycles. The number of carbonyl (C=O) groups excluding carboxylic acids is 1. The number of rotatable bonds is 1. The summed E-state index contributed by atoms with van der Waals surface area (Å²) in [7, 11) is 0. The van der Waals surface area contributed by atoms with Crippen LogP contribution in [0.3, 0.4) is 0 Å². The molecule has 0 aromatic heterocycles. The number of benzene rings is 1. The quantitative estimate of drug-likeness (QED) is 0.570. The summed E-state index contributed by atoms with van der Waals surface area (Å²) in [5.41, 5.74) is 5.17. The summed E-state index contributed by atoms with van der Waals surface area (Å²) in [5.74, 6) is 0. The number of anilines is 1. The monoisotopic (exact) mass is 230 g/mol. The number of primary amides is 1. The number of nitrogens with two attached hydrogens (primary N) is 1. The van der Waals surface area contributed by atoms with E-state index in [1.165, 1.54) is 0 Å². The first-order chi connectivity index (χ1) is 5.61. The van der Waals surface area contributed by atoms with Gasteiger partial charge in [0.25, 0.3) is 0 Å². The summed E-state index contributed by atoms with van der Waals surface area (Å²) in [6.45, 7) is 0. The summed E-state index contributed by atoms with van der Waals surface area (Å²) >= 11 is 3.22. The SMILES string of the molecule is NC(=O)N(O)c1ccc(Br)cc1. The third-order valence-electron chi connectivity index (χ3n) is 1.28. The van der Waals surface area contributed by atoms with Crippen molar-refractivity contribution in [3.63, 3.8) is 0 Å². The van der Waals surface area contributed by atoms with Crippen LogP contribution >= 0.6 is 15.9 Å². The Hall–Kier alpha value is -1.07. The molecule has 2 amide bonds. The van der Waals surface area contributed by atoms with E-state index < -0.39 is 6.03 Å². The minimum Gasteiger partial charge on any atom is -0.349 e. The molecule has 0 unspecified atom stereocenters. The lowest BCUT2D eigenvalue weighted by Crippen LogP contribution is -2.32. The van der Waals surface area contributed by atoms with Crippen LogP contribution in [0.1, 0.15) is 0 Å². The first-order valence-electron chi connectivity index (χ1n) is 3.15. The minimum atomic E-state index is -0.905. The Balaban J connectivity index is 2.89. The Morgan fingerprint density at radius 3 is 2.33 bits per heavy atom. The molecule has 1 rings (SSSR count). The van der Waals surface area contributed by atoms with E-state index in [1.807, 2.05) is 0 Å². The highest BCUT2D eigenvalue weighted by molar-refractivity contribution is 9.10. The molecule has 0 saturated carbocycles. The average Bonchev–Trinajstić information content (AvgIpc) is 2.04. The highest BCUT2D eigenvalue weighted by atomic mass is 79.9. The predicted octanol–water partition coefficient (Wildman–Crippen LogP) is 1.72. The summed E-state index contributed by atoms with van der Waals surface area (Å²) < 4.78 is 0.865. The van der Waals surface area contributed by atoms with Crippen LogP contribution in [0.4, 0.5) is 10.5 Å². The molecule has 0 aliphatic carbocycles. The third kappa shape index (κ3) is 1.96. The van der Waals surface area contributed by atoms with Crippen molar-refractivity contribution in [2.24, 2.45) is 5.73 Å². The fourth-order valence-corrected chi connectivity index (χ4v) is 0.974. The van der Waals surface area contributed by atoms with Crippen LogP contribution in [0.15, 0.2) is 28.7 Å². The van der Waals surface area contributed by atoms with Gasteiger partial charge in [-0.25, -0.2) is 4.79 Å². The van der Waals surface area contributed by atoms with Gasteiger partial charge in [0.2, 0.25) is 0 Å². The van der Waals surface area contributed by atoms with Crippen molar-refractivity contribution in [1.82, 2.24) is 0 Å². The maximum Gasteiger partial charge on any atom is 0.343 e. The van der Waals surface area contributed by atoms with Crippen molar-refractivity contribution < 1.29 is 10.0 Å². The minimum absolute atomic E-state index is 0.339. The van der Waals surface area contributed by atoms with Crippen LogP contribution in [0.2, 0.25) is 0 Å². The standard InChI is InChI=1S/C7H7BrN2O2/c8-5-1-3-6(4-2-5)10(12)7(9)11/h1-4,12H,(H2,9,11). The molecule has 4 nitrogen and oxygen atoms in total. The zero-order valence-electron chi connectivity index (χ0n) is 6.07. The van der Waals surface area contributed by atoms with Gasteiger partial charge in [0.15, 0.2) is 0 Å². The lowest BCUT2D eigenvalue weighted by Gasteiger charge is -2.10. The summed E-state index contributed by atoms with van der Waals surface area (Å²) in [6.07, 6.45) is 0. The third-order valence-corrected chi connectivity index (χ3v) is 1.81. The number of urea groups is 1. The zero-order valence-corrected chi connectivity index (χ0v) is 7.65. The predicted molar refractivity (Wildman–Crippen MR) is 48.0 cm³/mol. The maximum atomic E-state index is 10.5. The second-order valence-corrected chi connectivity index (χ2v) is 3.04. The molecule has 0 aliphatic heterocycles. The van der Waals surface area contributed by atoms with E-state index in [9.17, 15) is 4.79 Å². The van der Waals surface area contributed by atoms with Crippen LogP contribution in [-0.4, -0.2) is 11.2 Å². The van der Waals surface area contributed by atoms with Crippen LogP contribution in [-0.2, 0) is 0 Å². The molecule has 1 aromatic rings. The maximum absolute atomic E-state index is 10.5. The Bertz CT molecular complexity index is 286. The molecule has 0 aliphatic rings. The average molecular weight is 231 g/mol. The van der Waals surface area contributed by atoms with Crippen molar-refractivity contribution >= 4 is 27.6 Å². The molecule has 64 valence electrons. The van der Waals surface area contributed by atoms with Gasteiger partial charge in [-0.1, -0.05) is 15.9 Å². The van der Waals surface area contributed by atoms with Gasteiger partial charge in [0.1, 0.15) is 0 Å². The molecule has 0 bridgehead atoms. The normalized spacial score (nSPS) is 9.50. The van der Waals surface area contributed by atoms with E-state index in [0.29, 0.717) is 10.8 Å². The second kappa shape index (κ2) is 3.55. The van der Waals surface area contributed by atoms with E-state index in [1.54, 1.807) is 24.3 Å². The van der Waals surface area contributed by atoms with Gasteiger partial charge < -0.3 is 5.73 Å². The fourth-order valence-electron chi connectivity index (χ4n) is 0.710. The molecule has 0 saturated heterocycles. The Morgan fingerprint density at radius 1 is 1.42 bits per heavy atom. The Labute approximate surface area is 77.7 Å². The number of nitrogens with zero attached hydrogens (tertiary/aromatic N) is 1. The van der Waals surface area contributed by atoms with E-state index in [0.717, 1.165) is 4.47 Å². The summed E-state index contributed by atoms with van der Waals surface area (Å²) in [5, 5.41) is 9.41. The molecule has 12 heavy (non-hydrogen) atoms. The number of carbonyl (C=O) groups is 1. The van der Waals surface area contributed by atoms with E-state index >= 15 is 0 Å². The van der Waals surface area contributed by atoms with Gasteiger partial charge in [-0.15, -0.1) is 0 Å². The number of hydrogen-bond donors (Lipinski definition) is 2. The highest BCUT2D eigenvalue weighted by Gasteiger charge is 2.07. The fraction of sp³-hybridized carbons (Fsp3) is 0. The first kappa shape index (κ1) is 9.02. The summed E-state index contributed by atoms with van der Waals surface area (Å²) in [4.78, 5) is 10.5. The molecular formula is C7H7BrN2O2. The van der Waals surface area contributed by atoms with Crippen LogP contribution in [0.5, 0.6) is 0 Å². The van der Waals surface area contributed by atoms with Gasteiger partial charge in [0, 0.05) is 4.47 Å². The molecule has 0 atom stereocenters. The number of halogens is 1. The second-order valence-electron chi connectivity index (χ2n) is 2.13. The van der Waals surface area contributed by atoms with Gasteiger partial charge >= 0.3 is 6.03 Å². The van der Waals surface area contributed by atoms with Gasteiger partial charge in [0.05, 0.1) is 5.69 Å². The molecule has 1 aromatic carbocycles. The highest BCUT2D eigenvalue weighted by Crippen LogP contribution is 2.16. The first-order valence-corrected chi connectivity index (χ1v) is 3.94. The number of amides is 2. The van der Waals surface area contributed by atoms with Crippen LogP contribution in [0, 0.1) is 0 Å². The van der Waals surface area contributed by atoms with E-state index in [2.05, 4.69) is 15.9 Å². The largest absolute Gasteiger partial charge is 0.349 e. The Kier molecular flexibility index (Phi) is 2.67. The lowest BCUT2D eigenvalue weighted by atomic mass is 10.3. The topological polar surface area (TPSA) is 66.6 Å². The number of hydroxylamine groups is 1. The van der Waals surface area contributed by atoms with E-state index in [-0.39, 0.29) is 0 Å². The zero-order chi connectivity index (χ0) is 9.14.